The number of hydrogen-bond donors (Lipinski definition) is 1. The standard InChI is InChI=1S/C15H12ClF3N4O2S/c16-10-4-1-2-6-12(10)26(24,25)21-8-9-23-13-11(5-3-7-20-13)22-14(23)15(17,18)19/h1-7,21H,8-9H2. The number of pyridine rings is 1. The fourth-order valence-electron chi connectivity index (χ4n) is 2.42. The Morgan fingerprint density at radius 3 is 2.58 bits per heavy atom. The number of fused-ring (bicyclic) bond motifs is 1. The van der Waals surface area contributed by atoms with E-state index in [-0.39, 0.29) is 34.2 Å². The van der Waals surface area contributed by atoms with Gasteiger partial charge >= 0.3 is 6.18 Å². The number of alkyl halides is 3. The molecule has 11 heteroatoms. The predicted octanol–water partition coefficient (Wildman–Crippen LogP) is 3.08. The Balaban J connectivity index is 1.85. The summed E-state index contributed by atoms with van der Waals surface area (Å²) in [5.41, 5.74) is 0.102. The third-order valence-electron chi connectivity index (χ3n) is 3.51. The molecule has 1 N–H and O–H groups in total. The molecule has 0 saturated heterocycles. The lowest BCUT2D eigenvalue weighted by atomic mass is 10.4. The van der Waals surface area contributed by atoms with Crippen LogP contribution in [0.3, 0.4) is 0 Å². The zero-order valence-electron chi connectivity index (χ0n) is 13.0. The van der Waals surface area contributed by atoms with Crippen LogP contribution >= 0.6 is 11.6 Å². The summed E-state index contributed by atoms with van der Waals surface area (Å²) < 4.78 is 67.2. The van der Waals surface area contributed by atoms with Crippen molar-refractivity contribution in [2.75, 3.05) is 6.54 Å². The first-order chi connectivity index (χ1) is 12.2. The van der Waals surface area contributed by atoms with Crippen LogP contribution in [0.15, 0.2) is 47.5 Å². The molecule has 0 spiro atoms. The Hall–Kier alpha value is -2.17. The minimum atomic E-state index is -4.69. The first kappa shape index (κ1) is 18.6. The largest absolute Gasteiger partial charge is 0.449 e. The van der Waals surface area contributed by atoms with Gasteiger partial charge in [0.1, 0.15) is 10.4 Å². The van der Waals surface area contributed by atoms with Crippen LogP contribution in [0.4, 0.5) is 13.2 Å². The van der Waals surface area contributed by atoms with E-state index in [9.17, 15) is 21.6 Å². The molecular weight excluding hydrogens is 393 g/mol. The second-order valence-electron chi connectivity index (χ2n) is 5.26. The fourth-order valence-corrected chi connectivity index (χ4v) is 3.96. The van der Waals surface area contributed by atoms with Gasteiger partial charge in [-0.15, -0.1) is 0 Å². The monoisotopic (exact) mass is 404 g/mol. The third kappa shape index (κ3) is 3.67. The number of halogens is 4. The average Bonchev–Trinajstić information content (AvgIpc) is 2.94. The van der Waals surface area contributed by atoms with Gasteiger partial charge < -0.3 is 4.57 Å². The van der Waals surface area contributed by atoms with E-state index in [0.29, 0.717) is 0 Å². The second-order valence-corrected chi connectivity index (χ2v) is 7.40. The SMILES string of the molecule is O=S(=O)(NCCn1c(C(F)(F)F)nc2cccnc21)c1ccccc1Cl. The Bertz CT molecular complexity index is 1050. The molecule has 0 amide bonds. The van der Waals surface area contributed by atoms with Gasteiger partial charge in [0.25, 0.3) is 0 Å². The zero-order valence-corrected chi connectivity index (χ0v) is 14.6. The van der Waals surface area contributed by atoms with Crippen molar-refractivity contribution in [1.82, 2.24) is 19.3 Å². The quantitative estimate of drug-likeness (QED) is 0.709. The van der Waals surface area contributed by atoms with Crippen LogP contribution in [0, 0.1) is 0 Å². The van der Waals surface area contributed by atoms with Crippen molar-refractivity contribution in [3.05, 3.63) is 53.4 Å². The number of aromatic nitrogens is 3. The van der Waals surface area contributed by atoms with Crippen molar-refractivity contribution in [2.24, 2.45) is 0 Å². The minimum Gasteiger partial charge on any atom is -0.304 e. The molecule has 0 aliphatic heterocycles. The summed E-state index contributed by atoms with van der Waals surface area (Å²) in [4.78, 5) is 7.31. The normalized spacial score (nSPS) is 12.6. The highest BCUT2D eigenvalue weighted by molar-refractivity contribution is 7.89. The van der Waals surface area contributed by atoms with Gasteiger partial charge in [-0.05, 0) is 24.3 Å². The van der Waals surface area contributed by atoms with Gasteiger partial charge in [0.05, 0.1) is 5.02 Å². The van der Waals surface area contributed by atoms with E-state index in [2.05, 4.69) is 14.7 Å². The van der Waals surface area contributed by atoms with Crippen LogP contribution in [-0.2, 0) is 22.7 Å². The minimum absolute atomic E-state index is 0.0192. The summed E-state index contributed by atoms with van der Waals surface area (Å²) in [6, 6.07) is 8.66. The van der Waals surface area contributed by atoms with E-state index in [1.165, 1.54) is 36.5 Å². The molecule has 3 rings (SSSR count). The molecule has 138 valence electrons. The second kappa shape index (κ2) is 6.86. The molecule has 0 radical (unpaired) electrons. The summed E-state index contributed by atoms with van der Waals surface area (Å²) in [6.07, 6.45) is -3.35. The van der Waals surface area contributed by atoms with Gasteiger partial charge in [0.15, 0.2) is 5.65 Å². The lowest BCUT2D eigenvalue weighted by molar-refractivity contribution is -0.146. The molecule has 0 aliphatic carbocycles. The van der Waals surface area contributed by atoms with E-state index in [1.54, 1.807) is 6.07 Å². The van der Waals surface area contributed by atoms with Crippen molar-refractivity contribution in [2.45, 2.75) is 17.6 Å². The molecule has 0 aliphatic rings. The predicted molar refractivity (Wildman–Crippen MR) is 89.2 cm³/mol. The lowest BCUT2D eigenvalue weighted by Crippen LogP contribution is -2.29. The van der Waals surface area contributed by atoms with E-state index >= 15 is 0 Å². The van der Waals surface area contributed by atoms with Gasteiger partial charge in [0.2, 0.25) is 15.8 Å². The number of rotatable bonds is 5. The molecule has 2 aromatic heterocycles. The van der Waals surface area contributed by atoms with Gasteiger partial charge in [-0.3, -0.25) is 0 Å². The van der Waals surface area contributed by atoms with Gasteiger partial charge in [-0.2, -0.15) is 13.2 Å². The molecule has 0 unspecified atom stereocenters. The molecule has 3 aromatic rings. The van der Waals surface area contributed by atoms with Crippen molar-refractivity contribution >= 4 is 32.8 Å². The molecule has 0 atom stereocenters. The molecule has 0 saturated carbocycles. The highest BCUT2D eigenvalue weighted by Gasteiger charge is 2.37. The maximum Gasteiger partial charge on any atom is 0.449 e. The molecule has 6 nitrogen and oxygen atoms in total. The van der Waals surface area contributed by atoms with Crippen molar-refractivity contribution in [3.63, 3.8) is 0 Å². The molecule has 2 heterocycles. The smallest absolute Gasteiger partial charge is 0.304 e. The summed E-state index contributed by atoms with van der Waals surface area (Å²) in [7, 11) is -3.96. The van der Waals surface area contributed by atoms with Crippen LogP contribution in [0.25, 0.3) is 11.2 Å². The number of sulfonamides is 1. The zero-order chi connectivity index (χ0) is 18.9. The third-order valence-corrected chi connectivity index (χ3v) is 5.47. The highest BCUT2D eigenvalue weighted by Crippen LogP contribution is 2.30. The van der Waals surface area contributed by atoms with Crippen molar-refractivity contribution in [1.29, 1.82) is 0 Å². The average molecular weight is 405 g/mol. The summed E-state index contributed by atoms with van der Waals surface area (Å²) in [6.45, 7) is -0.593. The van der Waals surface area contributed by atoms with Gasteiger partial charge in [0, 0.05) is 19.3 Å². The molecule has 26 heavy (non-hydrogen) atoms. The first-order valence-corrected chi connectivity index (χ1v) is 9.19. The summed E-state index contributed by atoms with van der Waals surface area (Å²) in [5, 5.41) is 0.0192. The van der Waals surface area contributed by atoms with Gasteiger partial charge in [-0.1, -0.05) is 23.7 Å². The highest BCUT2D eigenvalue weighted by atomic mass is 35.5. The van der Waals surface area contributed by atoms with E-state index in [4.69, 9.17) is 11.6 Å². The summed E-state index contributed by atoms with van der Waals surface area (Å²) >= 11 is 5.86. The van der Waals surface area contributed by atoms with Crippen molar-refractivity contribution in [3.8, 4) is 0 Å². The molecule has 0 fully saturated rings. The molecular formula is C15H12ClF3N4O2S. The molecule has 0 bridgehead atoms. The number of nitrogens with one attached hydrogen (secondary N) is 1. The number of nitrogens with zero attached hydrogens (tertiary/aromatic N) is 3. The number of benzene rings is 1. The van der Waals surface area contributed by atoms with Gasteiger partial charge in [-0.25, -0.2) is 23.1 Å². The maximum atomic E-state index is 13.2. The lowest BCUT2D eigenvalue weighted by Gasteiger charge is -2.12. The van der Waals surface area contributed by atoms with Crippen LogP contribution < -0.4 is 4.72 Å². The van der Waals surface area contributed by atoms with Crippen LogP contribution in [0.1, 0.15) is 5.82 Å². The number of imidazole rings is 1. The summed E-state index contributed by atoms with van der Waals surface area (Å²) in [5.74, 6) is -1.14. The van der Waals surface area contributed by atoms with E-state index < -0.39 is 22.0 Å². The molecule has 1 aromatic carbocycles. The van der Waals surface area contributed by atoms with Crippen molar-refractivity contribution < 1.29 is 21.6 Å². The Morgan fingerprint density at radius 2 is 1.88 bits per heavy atom. The van der Waals surface area contributed by atoms with Crippen LogP contribution in [-0.4, -0.2) is 29.5 Å². The Morgan fingerprint density at radius 1 is 1.15 bits per heavy atom. The Kier molecular flexibility index (Phi) is 4.91. The topological polar surface area (TPSA) is 76.9 Å². The Labute approximate surface area is 151 Å². The number of hydrogen-bond acceptors (Lipinski definition) is 4. The van der Waals surface area contributed by atoms with Crippen LogP contribution in [0.2, 0.25) is 5.02 Å². The van der Waals surface area contributed by atoms with E-state index in [1.807, 2.05) is 0 Å². The fraction of sp³-hybridized carbons (Fsp3) is 0.200. The first-order valence-electron chi connectivity index (χ1n) is 7.33. The maximum absolute atomic E-state index is 13.2. The van der Waals surface area contributed by atoms with E-state index in [0.717, 1.165) is 4.57 Å². The van der Waals surface area contributed by atoms with Crippen LogP contribution in [0.5, 0.6) is 0 Å².